The van der Waals surface area contributed by atoms with Crippen molar-refractivity contribution in [1.29, 1.82) is 0 Å². The van der Waals surface area contributed by atoms with Gasteiger partial charge in [-0.2, -0.15) is 10.2 Å². The maximum atomic E-state index is 13.3. The van der Waals surface area contributed by atoms with Gasteiger partial charge in [-0.1, -0.05) is 0 Å². The van der Waals surface area contributed by atoms with Crippen LogP contribution < -0.4 is 5.56 Å². The van der Waals surface area contributed by atoms with Gasteiger partial charge in [-0.25, -0.2) is 18.7 Å². The highest BCUT2D eigenvalue weighted by atomic mass is 19.1. The van der Waals surface area contributed by atoms with Gasteiger partial charge >= 0.3 is 0 Å². The molecule has 1 saturated heterocycles. The number of rotatable bonds is 5. The number of aliphatic hydroxyl groups is 1. The Kier molecular flexibility index (Phi) is 6.24. The minimum atomic E-state index is -1.17. The predicted octanol–water partition coefficient (Wildman–Crippen LogP) is 2.52. The number of halogens is 1. The van der Waals surface area contributed by atoms with Crippen LogP contribution in [0.15, 0.2) is 72.0 Å². The van der Waals surface area contributed by atoms with Crippen LogP contribution in [0, 0.1) is 5.82 Å². The molecule has 11 nitrogen and oxygen atoms in total. The third-order valence-electron chi connectivity index (χ3n) is 8.19. The van der Waals surface area contributed by atoms with Gasteiger partial charge in [0.05, 0.1) is 35.4 Å². The molecule has 2 aromatic carbocycles. The molecule has 1 amide bonds. The highest BCUT2D eigenvalue weighted by molar-refractivity contribution is 5.94. The Hall–Kier alpha value is -4.68. The molecule has 0 atom stereocenters. The number of hydrogen-bond acceptors (Lipinski definition) is 7. The van der Waals surface area contributed by atoms with E-state index in [2.05, 4.69) is 27.1 Å². The van der Waals surface area contributed by atoms with E-state index in [0.717, 1.165) is 24.5 Å². The molecule has 3 aromatic heterocycles. The normalized spacial score (nSPS) is 16.7. The van der Waals surface area contributed by atoms with E-state index in [0.29, 0.717) is 48.2 Å². The molecular formula is C30H29FN8O3. The van der Waals surface area contributed by atoms with E-state index in [1.54, 1.807) is 17.0 Å². The summed E-state index contributed by atoms with van der Waals surface area (Å²) in [5.41, 5.74) is 3.22. The lowest BCUT2D eigenvalue weighted by molar-refractivity contribution is -0.0299. The smallest absolute Gasteiger partial charge is 0.264 e. The highest BCUT2D eigenvalue weighted by Crippen LogP contribution is 2.26. The maximum absolute atomic E-state index is 13.3. The van der Waals surface area contributed by atoms with Crippen LogP contribution in [-0.4, -0.2) is 75.7 Å². The van der Waals surface area contributed by atoms with Crippen LogP contribution in [-0.2, 0) is 19.6 Å². The monoisotopic (exact) mass is 568 g/mol. The van der Waals surface area contributed by atoms with E-state index in [1.165, 1.54) is 39.5 Å². The van der Waals surface area contributed by atoms with Crippen LogP contribution in [0.3, 0.4) is 0 Å². The number of carbonyl (C=O) groups excluding carboxylic acids is 1. The lowest BCUT2D eigenvalue weighted by Gasteiger charge is -2.38. The molecule has 0 spiro atoms. The van der Waals surface area contributed by atoms with Crippen LogP contribution in [0.5, 0.6) is 0 Å². The molecule has 214 valence electrons. The van der Waals surface area contributed by atoms with Crippen molar-refractivity contribution in [1.82, 2.24) is 38.9 Å². The summed E-state index contributed by atoms with van der Waals surface area (Å²) in [6, 6.07) is 13.2. The second-order valence-corrected chi connectivity index (χ2v) is 11.2. The minimum absolute atomic E-state index is 0.0524. The van der Waals surface area contributed by atoms with Gasteiger partial charge < -0.3 is 10.0 Å². The van der Waals surface area contributed by atoms with Gasteiger partial charge in [0, 0.05) is 43.5 Å². The first kappa shape index (κ1) is 26.2. The zero-order valence-electron chi connectivity index (χ0n) is 23.0. The van der Waals surface area contributed by atoms with E-state index in [-0.39, 0.29) is 23.8 Å². The lowest BCUT2D eigenvalue weighted by atomic mass is 9.91. The van der Waals surface area contributed by atoms with Crippen LogP contribution in [0.25, 0.3) is 22.4 Å². The van der Waals surface area contributed by atoms with E-state index < -0.39 is 5.60 Å². The molecule has 42 heavy (non-hydrogen) atoms. The third-order valence-corrected chi connectivity index (χ3v) is 8.19. The Morgan fingerprint density at radius 3 is 2.45 bits per heavy atom. The Morgan fingerprint density at radius 2 is 1.74 bits per heavy atom. The number of amides is 1. The summed E-state index contributed by atoms with van der Waals surface area (Å²) in [6.45, 7) is 2.50. The molecule has 0 saturated carbocycles. The maximum Gasteiger partial charge on any atom is 0.264 e. The molecule has 0 unspecified atom stereocenters. The summed E-state index contributed by atoms with van der Waals surface area (Å²) in [4.78, 5) is 34.8. The van der Waals surface area contributed by atoms with Gasteiger partial charge in [0.1, 0.15) is 17.5 Å². The second-order valence-electron chi connectivity index (χ2n) is 11.2. The fourth-order valence-electron chi connectivity index (χ4n) is 5.82. The van der Waals surface area contributed by atoms with E-state index in [1.807, 2.05) is 35.1 Å². The molecule has 1 N–H and O–H groups in total. The number of benzene rings is 2. The summed E-state index contributed by atoms with van der Waals surface area (Å²) in [5.74, 6) is -0.465. The Bertz CT molecular complexity index is 1830. The lowest BCUT2D eigenvalue weighted by Crippen LogP contribution is -2.49. The number of hydrogen-bond donors (Lipinski definition) is 1. The number of aromatic nitrogens is 6. The molecule has 5 aromatic rings. The number of likely N-dealkylation sites (tertiary alicyclic amines) is 1. The summed E-state index contributed by atoms with van der Waals surface area (Å²) >= 11 is 0. The van der Waals surface area contributed by atoms with Crippen molar-refractivity contribution in [3.63, 3.8) is 0 Å². The first-order valence-electron chi connectivity index (χ1n) is 13.8. The van der Waals surface area contributed by atoms with Crippen molar-refractivity contribution < 1.29 is 14.3 Å². The Balaban J connectivity index is 1.01. The van der Waals surface area contributed by atoms with Gasteiger partial charge in [0.25, 0.3) is 11.5 Å². The topological polar surface area (TPSA) is 114 Å². The molecule has 7 rings (SSSR count). The first-order chi connectivity index (χ1) is 20.3. The van der Waals surface area contributed by atoms with Crippen molar-refractivity contribution in [3.8, 4) is 11.4 Å². The first-order valence-corrected chi connectivity index (χ1v) is 13.8. The number of carbonyl (C=O) groups is 1. The van der Waals surface area contributed by atoms with Crippen LogP contribution in [0.2, 0.25) is 0 Å². The van der Waals surface area contributed by atoms with Crippen molar-refractivity contribution >= 4 is 16.9 Å². The Labute approximate surface area is 240 Å². The molecule has 0 bridgehead atoms. The van der Waals surface area contributed by atoms with Gasteiger partial charge in [0.15, 0.2) is 5.65 Å². The van der Waals surface area contributed by atoms with Gasteiger partial charge in [0.2, 0.25) is 0 Å². The summed E-state index contributed by atoms with van der Waals surface area (Å²) in [7, 11) is 2.07. The standard InChI is InChI=1S/C30H29FN8O3/c1-35-15-21-16-38(34-26(21)17-35)23-6-2-20(3-7-23)28(40)36-12-10-30(42,11-13-36)18-37-19-32-27-25(29(37)41)14-33-39(27)24-8-4-22(31)5-9-24/h2-9,14,16,19,42H,10-13,15,17-18H2,1H3. The fourth-order valence-corrected chi connectivity index (χ4v) is 5.82. The summed E-state index contributed by atoms with van der Waals surface area (Å²) < 4.78 is 18.1. The zero-order chi connectivity index (χ0) is 29.0. The zero-order valence-corrected chi connectivity index (χ0v) is 23.0. The number of piperidine rings is 1. The molecule has 0 radical (unpaired) electrons. The quantitative estimate of drug-likeness (QED) is 0.347. The van der Waals surface area contributed by atoms with Crippen LogP contribution in [0.4, 0.5) is 4.39 Å². The minimum Gasteiger partial charge on any atom is -0.388 e. The molecule has 12 heteroatoms. The third kappa shape index (κ3) is 4.68. The molecular weight excluding hydrogens is 539 g/mol. The van der Waals surface area contributed by atoms with Crippen molar-refractivity contribution in [3.05, 3.63) is 100 Å². The van der Waals surface area contributed by atoms with Gasteiger partial charge in [-0.3, -0.25) is 19.1 Å². The molecule has 2 aliphatic rings. The molecule has 5 heterocycles. The SMILES string of the molecule is CN1Cc2cn(-c3ccc(C(=O)N4CCC(O)(Cn5cnc6c(cnn6-c6ccc(F)cc6)c5=O)CC4)cc3)nc2C1. The molecule has 2 aliphatic heterocycles. The van der Waals surface area contributed by atoms with Crippen molar-refractivity contribution in [2.45, 2.75) is 38.1 Å². The second kappa shape index (κ2) is 10.00. The largest absolute Gasteiger partial charge is 0.388 e. The van der Waals surface area contributed by atoms with E-state index in [9.17, 15) is 19.1 Å². The van der Waals surface area contributed by atoms with Gasteiger partial charge in [-0.05, 0) is 68.4 Å². The van der Waals surface area contributed by atoms with Crippen molar-refractivity contribution in [2.24, 2.45) is 0 Å². The molecule has 0 aliphatic carbocycles. The Morgan fingerprint density at radius 1 is 1.02 bits per heavy atom. The molecule has 1 fully saturated rings. The van der Waals surface area contributed by atoms with Crippen LogP contribution >= 0.6 is 0 Å². The van der Waals surface area contributed by atoms with Crippen LogP contribution in [0.1, 0.15) is 34.5 Å². The average Bonchev–Trinajstić information content (AvgIpc) is 3.69. The summed E-state index contributed by atoms with van der Waals surface area (Å²) in [5, 5.41) is 20.6. The summed E-state index contributed by atoms with van der Waals surface area (Å²) in [6.07, 6.45) is 5.51. The average molecular weight is 569 g/mol. The van der Waals surface area contributed by atoms with E-state index in [4.69, 9.17) is 0 Å². The fraction of sp³-hybridized carbons (Fsp3) is 0.300. The number of fused-ring (bicyclic) bond motifs is 2. The highest BCUT2D eigenvalue weighted by Gasteiger charge is 2.35. The predicted molar refractivity (Wildman–Crippen MR) is 152 cm³/mol. The van der Waals surface area contributed by atoms with Gasteiger partial charge in [-0.15, -0.1) is 0 Å². The van der Waals surface area contributed by atoms with E-state index >= 15 is 0 Å². The number of nitrogens with zero attached hydrogens (tertiary/aromatic N) is 8. The van der Waals surface area contributed by atoms with Crippen molar-refractivity contribution in [2.75, 3.05) is 20.1 Å².